The quantitative estimate of drug-likeness (QED) is 0.257. The van der Waals surface area contributed by atoms with Gasteiger partial charge in [0.15, 0.2) is 5.96 Å². The maximum atomic E-state index is 12.2. The van der Waals surface area contributed by atoms with Crippen molar-refractivity contribution in [2.75, 3.05) is 13.7 Å². The van der Waals surface area contributed by atoms with Gasteiger partial charge in [-0.2, -0.15) is 0 Å². The van der Waals surface area contributed by atoms with Crippen LogP contribution in [0.3, 0.4) is 0 Å². The minimum atomic E-state index is -1.08. The number of hydrogen-bond acceptors (Lipinski definition) is 7. The van der Waals surface area contributed by atoms with E-state index in [0.29, 0.717) is 0 Å². The molecule has 166 valence electrons. The third-order valence-corrected chi connectivity index (χ3v) is 5.40. The smallest absolute Gasteiger partial charge is 0.413 e. The molecule has 1 fully saturated rings. The predicted molar refractivity (Wildman–Crippen MR) is 107 cm³/mol. The number of alkyl carbamates (subject to hydrolysis) is 1. The molecule has 0 aromatic rings. The number of guanidine groups is 1. The normalized spacial score (nSPS) is 25.4. The second-order valence-corrected chi connectivity index (χ2v) is 7.16. The van der Waals surface area contributed by atoms with Crippen LogP contribution in [0.5, 0.6) is 0 Å². The van der Waals surface area contributed by atoms with Crippen LogP contribution < -0.4 is 16.4 Å². The van der Waals surface area contributed by atoms with Crippen molar-refractivity contribution >= 4 is 23.9 Å². The molecule has 0 bridgehead atoms. The Labute approximate surface area is 171 Å². The Morgan fingerprint density at radius 3 is 2.34 bits per heavy atom. The summed E-state index contributed by atoms with van der Waals surface area (Å²) in [5.74, 6) is -2.29. The Hall–Kier alpha value is -2.36. The number of carbonyl (C=O) groups is 3. The molecule has 2 amide bonds. The van der Waals surface area contributed by atoms with Gasteiger partial charge in [-0.15, -0.1) is 0 Å². The number of methoxy groups -OCH3 is 1. The summed E-state index contributed by atoms with van der Waals surface area (Å²) in [6.45, 7) is 7.23. The van der Waals surface area contributed by atoms with Gasteiger partial charge in [-0.25, -0.2) is 9.79 Å². The molecule has 0 radical (unpaired) electrons. The monoisotopic (exact) mass is 414 g/mol. The number of nitrogens with zero attached hydrogens (tertiary/aromatic N) is 1. The van der Waals surface area contributed by atoms with Crippen LogP contribution in [-0.2, 0) is 19.1 Å². The van der Waals surface area contributed by atoms with E-state index in [9.17, 15) is 19.5 Å². The van der Waals surface area contributed by atoms with Crippen molar-refractivity contribution in [3.63, 3.8) is 0 Å². The maximum absolute atomic E-state index is 12.2. The van der Waals surface area contributed by atoms with E-state index in [4.69, 9.17) is 15.2 Å². The lowest BCUT2D eigenvalue weighted by molar-refractivity contribution is -0.149. The van der Waals surface area contributed by atoms with Crippen LogP contribution in [0.25, 0.3) is 0 Å². The van der Waals surface area contributed by atoms with Crippen molar-refractivity contribution in [1.82, 2.24) is 10.6 Å². The van der Waals surface area contributed by atoms with Crippen LogP contribution in [0.1, 0.15) is 47.0 Å². The molecule has 10 heteroatoms. The van der Waals surface area contributed by atoms with E-state index in [1.807, 2.05) is 13.8 Å². The lowest BCUT2D eigenvalue weighted by Gasteiger charge is -2.35. The van der Waals surface area contributed by atoms with E-state index in [2.05, 4.69) is 15.6 Å². The molecule has 1 rings (SSSR count). The van der Waals surface area contributed by atoms with E-state index in [0.717, 1.165) is 12.8 Å². The largest absolute Gasteiger partial charge is 0.469 e. The number of esters is 1. The Kier molecular flexibility index (Phi) is 9.87. The van der Waals surface area contributed by atoms with E-state index in [-0.39, 0.29) is 30.8 Å². The summed E-state index contributed by atoms with van der Waals surface area (Å²) < 4.78 is 9.60. The lowest BCUT2D eigenvalue weighted by atomic mass is 9.80. The summed E-state index contributed by atoms with van der Waals surface area (Å²) in [7, 11) is 1.25. The Morgan fingerprint density at radius 1 is 1.24 bits per heavy atom. The van der Waals surface area contributed by atoms with Crippen molar-refractivity contribution in [3.05, 3.63) is 0 Å². The van der Waals surface area contributed by atoms with Crippen molar-refractivity contribution < 1.29 is 29.0 Å². The van der Waals surface area contributed by atoms with Crippen LogP contribution in [0.2, 0.25) is 0 Å². The molecule has 0 aromatic carbocycles. The van der Waals surface area contributed by atoms with Crippen molar-refractivity contribution in [1.29, 1.82) is 0 Å². The van der Waals surface area contributed by atoms with Crippen molar-refractivity contribution in [3.8, 4) is 0 Å². The van der Waals surface area contributed by atoms with Crippen LogP contribution in [0.4, 0.5) is 4.79 Å². The second kappa shape index (κ2) is 11.6. The highest BCUT2D eigenvalue weighted by Gasteiger charge is 2.51. The van der Waals surface area contributed by atoms with Gasteiger partial charge in [-0.1, -0.05) is 26.7 Å². The summed E-state index contributed by atoms with van der Waals surface area (Å²) in [4.78, 5) is 40.0. The summed E-state index contributed by atoms with van der Waals surface area (Å²) in [5, 5.41) is 16.2. The molecule has 1 aliphatic rings. The Bertz CT molecular complexity index is 608. The van der Waals surface area contributed by atoms with E-state index >= 15 is 0 Å². The maximum Gasteiger partial charge on any atom is 0.413 e. The first-order chi connectivity index (χ1) is 13.7. The Balaban J connectivity index is 3.27. The van der Waals surface area contributed by atoms with Gasteiger partial charge in [-0.3, -0.25) is 14.9 Å². The third-order valence-electron chi connectivity index (χ3n) is 5.40. The summed E-state index contributed by atoms with van der Waals surface area (Å²) >= 11 is 0. The number of aliphatic imine (C=N–C) groups is 1. The second-order valence-electron chi connectivity index (χ2n) is 7.16. The van der Waals surface area contributed by atoms with Gasteiger partial charge in [0.2, 0.25) is 5.91 Å². The fourth-order valence-electron chi connectivity index (χ4n) is 4.07. The number of carbonyl (C=O) groups excluding carboxylic acids is 3. The van der Waals surface area contributed by atoms with Crippen LogP contribution in [-0.4, -0.2) is 60.9 Å². The van der Waals surface area contributed by atoms with E-state index in [1.54, 1.807) is 6.92 Å². The molecule has 29 heavy (non-hydrogen) atoms. The highest BCUT2D eigenvalue weighted by molar-refractivity contribution is 5.93. The SMILES string of the molecule is CCOC(=O)NC(N)=N[C@@H]1C[C@H](C(=O)OC)[C@@H](O)[C@H]1[C@@H](NC(C)=O)C(CC)CC. The fourth-order valence-corrected chi connectivity index (χ4v) is 4.07. The molecule has 1 saturated carbocycles. The number of hydrogen-bond donors (Lipinski definition) is 4. The van der Waals surface area contributed by atoms with Crippen LogP contribution >= 0.6 is 0 Å². The first-order valence-corrected chi connectivity index (χ1v) is 9.99. The number of amides is 2. The number of nitrogens with two attached hydrogens (primary N) is 1. The first-order valence-electron chi connectivity index (χ1n) is 9.99. The molecule has 0 aliphatic heterocycles. The minimum Gasteiger partial charge on any atom is -0.469 e. The molecule has 1 aliphatic carbocycles. The minimum absolute atomic E-state index is 0.0619. The third kappa shape index (κ3) is 6.59. The molecular weight excluding hydrogens is 380 g/mol. The number of nitrogens with one attached hydrogen (secondary N) is 2. The lowest BCUT2D eigenvalue weighted by Crippen LogP contribution is -2.51. The molecule has 0 spiro atoms. The molecule has 0 heterocycles. The summed E-state index contributed by atoms with van der Waals surface area (Å²) in [6.07, 6.45) is -0.114. The first kappa shape index (κ1) is 24.7. The van der Waals surface area contributed by atoms with Gasteiger partial charge in [0.1, 0.15) is 0 Å². The topological polar surface area (TPSA) is 152 Å². The van der Waals surface area contributed by atoms with Crippen LogP contribution in [0.15, 0.2) is 4.99 Å². The van der Waals surface area contributed by atoms with Gasteiger partial charge in [0.25, 0.3) is 0 Å². The fraction of sp³-hybridized carbons (Fsp3) is 0.789. The van der Waals surface area contributed by atoms with E-state index in [1.165, 1.54) is 14.0 Å². The van der Waals surface area contributed by atoms with Crippen molar-refractivity contribution in [2.45, 2.75) is 65.1 Å². The zero-order valence-corrected chi connectivity index (χ0v) is 17.8. The standard InChI is InChI=1S/C19H34N4O6/c1-6-11(7-2)15(21-10(4)24)14-13(9-12(16(14)25)17(26)28-5)22-18(20)23-19(27)29-8-3/h11-16,25H,6-9H2,1-5H3,(H,21,24)(H3,20,22,23,27)/t12-,13+,14+,15-,16+/m0/s1. The Morgan fingerprint density at radius 2 is 1.86 bits per heavy atom. The summed E-state index contributed by atoms with van der Waals surface area (Å²) in [6, 6.07) is -1.02. The number of ether oxygens (including phenoxy) is 2. The van der Waals surface area contributed by atoms with Gasteiger partial charge in [-0.05, 0) is 19.3 Å². The molecule has 0 saturated heterocycles. The van der Waals surface area contributed by atoms with Gasteiger partial charge < -0.3 is 25.6 Å². The average Bonchev–Trinajstić information content (AvgIpc) is 2.96. The summed E-state index contributed by atoms with van der Waals surface area (Å²) in [5.41, 5.74) is 5.84. The van der Waals surface area contributed by atoms with Crippen molar-refractivity contribution in [2.24, 2.45) is 28.5 Å². The molecule has 5 atom stereocenters. The zero-order valence-electron chi connectivity index (χ0n) is 17.8. The van der Waals surface area contributed by atoms with Gasteiger partial charge in [0, 0.05) is 18.9 Å². The predicted octanol–water partition coefficient (Wildman–Crippen LogP) is 0.527. The van der Waals surface area contributed by atoms with Gasteiger partial charge in [0.05, 0.1) is 31.8 Å². The zero-order chi connectivity index (χ0) is 22.1. The van der Waals surface area contributed by atoms with Crippen LogP contribution in [0, 0.1) is 17.8 Å². The number of rotatable bonds is 8. The van der Waals surface area contributed by atoms with Gasteiger partial charge >= 0.3 is 12.1 Å². The molecule has 10 nitrogen and oxygen atoms in total. The average molecular weight is 415 g/mol. The molecule has 0 aromatic heterocycles. The van der Waals surface area contributed by atoms with E-state index < -0.39 is 42.1 Å². The highest BCUT2D eigenvalue weighted by atomic mass is 16.5. The molecule has 0 unspecified atom stereocenters. The highest BCUT2D eigenvalue weighted by Crippen LogP contribution is 2.40. The molecular formula is C19H34N4O6. The number of aliphatic hydroxyl groups is 1. The number of aliphatic hydroxyl groups excluding tert-OH is 1. The molecule has 5 N–H and O–H groups in total.